The number of aryl methyl sites for hydroxylation is 1. The Hall–Kier alpha value is -4.68. The van der Waals surface area contributed by atoms with Crippen LogP contribution in [0.4, 0.5) is 0 Å². The number of likely N-dealkylation sites (tertiary alicyclic amines) is 1. The molecule has 1 aliphatic rings. The molecule has 0 unspecified atom stereocenters. The third-order valence-electron chi connectivity index (χ3n) is 9.11. The van der Waals surface area contributed by atoms with Gasteiger partial charge in [0.05, 0.1) is 18.5 Å². The molecule has 7 atom stereocenters. The van der Waals surface area contributed by atoms with Gasteiger partial charge in [0.1, 0.15) is 30.2 Å². The average molecular weight is 807 g/mol. The van der Waals surface area contributed by atoms with Gasteiger partial charge in [-0.15, -0.1) is 0 Å². The van der Waals surface area contributed by atoms with Crippen molar-refractivity contribution in [3.63, 3.8) is 0 Å². The van der Waals surface area contributed by atoms with Gasteiger partial charge in [0, 0.05) is 44.8 Å². The molecule has 1 aromatic heterocycles. The van der Waals surface area contributed by atoms with E-state index in [9.17, 15) is 33.3 Å². The fourth-order valence-electron chi connectivity index (χ4n) is 6.26. The van der Waals surface area contributed by atoms with Crippen molar-refractivity contribution in [1.29, 1.82) is 0 Å². The minimum Gasteiger partial charge on any atom is -0.376 e. The van der Waals surface area contributed by atoms with Crippen LogP contribution in [-0.2, 0) is 55.4 Å². The Balaban J connectivity index is 1.67. The number of phosphoric ester groups is 1. The van der Waals surface area contributed by atoms with Gasteiger partial charge >= 0.3 is 7.82 Å². The number of amides is 6. The van der Waals surface area contributed by atoms with Crippen molar-refractivity contribution < 1.29 is 52.4 Å². The summed E-state index contributed by atoms with van der Waals surface area (Å²) < 4.78 is 21.8. The summed E-state index contributed by atoms with van der Waals surface area (Å²) in [5.41, 5.74) is 7.00. The number of hydrogen-bond acceptors (Lipinski definition) is 10. The summed E-state index contributed by atoms with van der Waals surface area (Å²) in [6.07, 6.45) is 3.87. The maximum absolute atomic E-state index is 13.8. The lowest BCUT2D eigenvalue weighted by atomic mass is 10.0. The number of nitrogens with two attached hydrogens (primary N) is 1. The van der Waals surface area contributed by atoms with Gasteiger partial charge in [-0.05, 0) is 51.0 Å². The van der Waals surface area contributed by atoms with E-state index in [-0.39, 0.29) is 43.7 Å². The number of carbonyl (C=O) groups excluding carboxylic acids is 6. The van der Waals surface area contributed by atoms with E-state index in [1.807, 2.05) is 32.0 Å². The average Bonchev–Trinajstić information content (AvgIpc) is 3.79. The predicted molar refractivity (Wildman–Crippen MR) is 202 cm³/mol. The van der Waals surface area contributed by atoms with Crippen molar-refractivity contribution in [3.8, 4) is 0 Å². The molecule has 9 N–H and O–H groups in total. The molecule has 20 heteroatoms. The number of primary amides is 1. The summed E-state index contributed by atoms with van der Waals surface area (Å²) in [4.78, 5) is 105. The number of hydrogen-bond donors (Lipinski definition) is 8. The molecule has 6 amide bonds. The van der Waals surface area contributed by atoms with Crippen LogP contribution in [0, 0.1) is 5.92 Å². The highest BCUT2D eigenvalue weighted by molar-refractivity contribution is 7.46. The first-order chi connectivity index (χ1) is 26.3. The molecule has 3 rings (SSSR count). The second kappa shape index (κ2) is 21.6. The van der Waals surface area contributed by atoms with Crippen molar-refractivity contribution in [1.82, 2.24) is 36.1 Å². The maximum Gasteiger partial charge on any atom is 0.469 e. The van der Waals surface area contributed by atoms with E-state index in [1.54, 1.807) is 0 Å². The molecular formula is C36H55N8O11P. The zero-order valence-electron chi connectivity index (χ0n) is 32.3. The summed E-state index contributed by atoms with van der Waals surface area (Å²) in [5.74, 6) is -4.54. The molecule has 1 aromatic carbocycles. The standard InChI is InChI=1S/C36H55N8O11P/c1-21(2)15-28(42-36(50)30-17-27(19-44(30)24(5)45)54-14-10-9-13-25-11-7-6-8-12-25)35(49)41-29(16-26-18-38-20-39-26)34(48)40-22(3)33(47)43-31(32(37)46)23(4)55-56(51,52)53/h6-8,11-12,18,20-23,27-31H,9-10,13-17,19H2,1-5H3,(H2,37,46)(H,38,39)(H,40,48)(H,41,49)(H,42,50)(H,43,47)(H2,51,52,53)/t22-,23+,27-,28-,29-,30-,31-/m0/s1. The van der Waals surface area contributed by atoms with Crippen LogP contribution in [0.5, 0.6) is 0 Å². The lowest BCUT2D eigenvalue weighted by Gasteiger charge is -2.28. The van der Waals surface area contributed by atoms with Crippen molar-refractivity contribution in [2.24, 2.45) is 11.7 Å². The third kappa shape index (κ3) is 15.1. The van der Waals surface area contributed by atoms with Crippen LogP contribution >= 0.6 is 7.82 Å². The SMILES string of the molecule is CC(=O)N1C[C@@H](OCCCCc2ccccc2)C[C@H]1C(=O)N[C@@H](CC(C)C)C(=O)N[C@@H](Cc1cnc[nH]1)C(=O)N[C@@H](C)C(=O)N[C@H](C(N)=O)[C@@H](C)OP(=O)(O)O. The summed E-state index contributed by atoms with van der Waals surface area (Å²) >= 11 is 0. The highest BCUT2D eigenvalue weighted by Gasteiger charge is 2.40. The number of ether oxygens (including phenoxy) is 1. The third-order valence-corrected chi connectivity index (χ3v) is 9.71. The Morgan fingerprint density at radius 3 is 2.23 bits per heavy atom. The molecule has 0 aliphatic carbocycles. The van der Waals surface area contributed by atoms with E-state index < -0.39 is 73.7 Å². The van der Waals surface area contributed by atoms with E-state index in [0.29, 0.717) is 12.3 Å². The lowest BCUT2D eigenvalue weighted by molar-refractivity contribution is -0.138. The number of nitrogens with zero attached hydrogens (tertiary/aromatic N) is 2. The monoisotopic (exact) mass is 806 g/mol. The van der Waals surface area contributed by atoms with Gasteiger partial charge in [-0.1, -0.05) is 44.2 Å². The molecule has 19 nitrogen and oxygen atoms in total. The first-order valence-electron chi connectivity index (χ1n) is 18.5. The van der Waals surface area contributed by atoms with E-state index in [2.05, 4.69) is 47.9 Å². The molecule has 1 fully saturated rings. The number of nitrogens with one attached hydrogen (secondary N) is 5. The Labute approximate surface area is 325 Å². The normalized spacial score (nSPS) is 18.3. The molecule has 310 valence electrons. The number of rotatable bonds is 22. The van der Waals surface area contributed by atoms with Gasteiger partial charge < -0.3 is 51.4 Å². The molecule has 0 saturated carbocycles. The minimum absolute atomic E-state index is 0.0794. The number of phosphoric acid groups is 1. The van der Waals surface area contributed by atoms with E-state index >= 15 is 0 Å². The van der Waals surface area contributed by atoms with Gasteiger partial charge in [-0.3, -0.25) is 33.3 Å². The Bertz CT molecular complexity index is 1670. The van der Waals surface area contributed by atoms with E-state index in [4.69, 9.17) is 20.3 Å². The number of aromatic nitrogens is 2. The van der Waals surface area contributed by atoms with Crippen LogP contribution in [0.15, 0.2) is 42.9 Å². The summed E-state index contributed by atoms with van der Waals surface area (Å²) in [6.45, 7) is 8.16. The smallest absolute Gasteiger partial charge is 0.376 e. The van der Waals surface area contributed by atoms with Crippen molar-refractivity contribution in [2.45, 2.75) is 116 Å². The molecule has 0 spiro atoms. The topological polar surface area (TPSA) is 284 Å². The van der Waals surface area contributed by atoms with Crippen molar-refractivity contribution >= 4 is 43.3 Å². The van der Waals surface area contributed by atoms with Crippen LogP contribution in [0.3, 0.4) is 0 Å². The van der Waals surface area contributed by atoms with E-state index in [1.165, 1.54) is 36.8 Å². The van der Waals surface area contributed by atoms with E-state index in [0.717, 1.165) is 26.2 Å². The van der Waals surface area contributed by atoms with Crippen LogP contribution in [-0.4, -0.2) is 116 Å². The molecule has 1 aliphatic heterocycles. The fraction of sp³-hybridized carbons (Fsp3) is 0.583. The summed E-state index contributed by atoms with van der Waals surface area (Å²) in [6, 6.07) is 3.80. The summed E-state index contributed by atoms with van der Waals surface area (Å²) in [7, 11) is -5.04. The number of carbonyl (C=O) groups is 6. The zero-order valence-corrected chi connectivity index (χ0v) is 33.2. The molecule has 0 bridgehead atoms. The van der Waals surface area contributed by atoms with Gasteiger partial charge in [0.25, 0.3) is 0 Å². The van der Waals surface area contributed by atoms with Crippen molar-refractivity contribution in [2.75, 3.05) is 13.2 Å². The number of H-pyrrole nitrogens is 1. The van der Waals surface area contributed by atoms with Crippen LogP contribution < -0.4 is 27.0 Å². The molecule has 0 radical (unpaired) electrons. The van der Waals surface area contributed by atoms with Gasteiger partial charge in [0.2, 0.25) is 35.4 Å². The Morgan fingerprint density at radius 1 is 0.964 bits per heavy atom. The Kier molecular flexibility index (Phi) is 17.6. The highest BCUT2D eigenvalue weighted by Crippen LogP contribution is 2.38. The number of imidazole rings is 1. The van der Waals surface area contributed by atoms with Crippen molar-refractivity contribution in [3.05, 3.63) is 54.1 Å². The maximum atomic E-state index is 13.8. The number of benzene rings is 1. The van der Waals surface area contributed by atoms with Gasteiger partial charge in [-0.25, -0.2) is 9.55 Å². The zero-order chi connectivity index (χ0) is 41.6. The van der Waals surface area contributed by atoms with Gasteiger partial charge in [-0.2, -0.15) is 0 Å². The second-order valence-corrected chi connectivity index (χ2v) is 15.5. The lowest BCUT2D eigenvalue weighted by Crippen LogP contribution is -2.59. The predicted octanol–water partition coefficient (Wildman–Crippen LogP) is -0.0306. The molecule has 2 aromatic rings. The number of aromatic amines is 1. The van der Waals surface area contributed by atoms with Crippen LogP contribution in [0.25, 0.3) is 0 Å². The number of unbranched alkanes of at least 4 members (excludes halogenated alkanes) is 1. The van der Waals surface area contributed by atoms with Gasteiger partial charge in [0.15, 0.2) is 0 Å². The quantitative estimate of drug-likeness (QED) is 0.0575. The van der Waals surface area contributed by atoms with Crippen LogP contribution in [0.1, 0.15) is 71.6 Å². The minimum atomic E-state index is -5.04. The van der Waals surface area contributed by atoms with Crippen LogP contribution in [0.2, 0.25) is 0 Å². The second-order valence-electron chi connectivity index (χ2n) is 14.3. The highest BCUT2D eigenvalue weighted by atomic mass is 31.2. The Morgan fingerprint density at radius 2 is 1.64 bits per heavy atom. The molecule has 1 saturated heterocycles. The molecule has 56 heavy (non-hydrogen) atoms. The molecule has 2 heterocycles. The first-order valence-corrected chi connectivity index (χ1v) is 20.0. The fourth-order valence-corrected chi connectivity index (χ4v) is 6.82. The molecular weight excluding hydrogens is 751 g/mol. The largest absolute Gasteiger partial charge is 0.469 e. The summed E-state index contributed by atoms with van der Waals surface area (Å²) in [5, 5.41) is 10.1. The first kappa shape index (κ1) is 45.7.